The van der Waals surface area contributed by atoms with E-state index < -0.39 is 0 Å². The summed E-state index contributed by atoms with van der Waals surface area (Å²) in [6, 6.07) is 49.1. The Hall–Kier alpha value is -4.47. The molecule has 7 aromatic rings. The highest BCUT2D eigenvalue weighted by Crippen LogP contribution is 2.35. The summed E-state index contributed by atoms with van der Waals surface area (Å²) in [5.41, 5.74) is 10.0. The van der Waals surface area contributed by atoms with Crippen molar-refractivity contribution >= 4 is 37.7 Å². The van der Waals surface area contributed by atoms with Crippen molar-refractivity contribution in [1.29, 1.82) is 0 Å². The molecule has 0 aliphatic rings. The van der Waals surface area contributed by atoms with Gasteiger partial charge in [-0.05, 0) is 59.7 Å². The Kier molecular flexibility index (Phi) is 5.64. The quantitative estimate of drug-likeness (QED) is 0.213. The number of aromatic nitrogens is 2. The summed E-state index contributed by atoms with van der Waals surface area (Å²) in [4.78, 5) is 5.03. The number of hydrogen-bond donors (Lipinski definition) is 0. The van der Waals surface area contributed by atoms with Crippen molar-refractivity contribution in [2.45, 2.75) is 0 Å². The van der Waals surface area contributed by atoms with E-state index in [9.17, 15) is 0 Å². The summed E-state index contributed by atoms with van der Waals surface area (Å²) in [5, 5.41) is 2.50. The molecule has 180 valence electrons. The maximum Gasteiger partial charge on any atom is 0.0715 e. The van der Waals surface area contributed by atoms with Crippen molar-refractivity contribution < 1.29 is 0 Å². The van der Waals surface area contributed by atoms with Crippen molar-refractivity contribution in [3.8, 4) is 39.3 Å². The Bertz CT molecular complexity index is 1850. The third-order valence-electron chi connectivity index (χ3n) is 7.06. The average molecular weight is 551 g/mol. The molecule has 0 spiro atoms. The van der Waals surface area contributed by atoms with Crippen LogP contribution in [0.4, 0.5) is 0 Å². The number of pyridine rings is 1. The van der Waals surface area contributed by atoms with E-state index in [1.54, 1.807) is 0 Å². The maximum atomic E-state index is 5.03. The van der Waals surface area contributed by atoms with E-state index in [0.29, 0.717) is 0 Å². The fourth-order valence-electron chi connectivity index (χ4n) is 5.24. The van der Waals surface area contributed by atoms with Crippen LogP contribution in [-0.2, 0) is 0 Å². The standard InChI is InChI=1S/C35H23BrN2/c36-28-17-20-35-31(23-28)30-13-7-8-14-34(30)38(35)29-18-15-24(16-19-29)27-21-32(25-9-3-1-4-10-25)37-33(22-27)26-11-5-2-6-12-26/h1-23H. The molecule has 0 bridgehead atoms. The minimum absolute atomic E-state index is 0.971. The van der Waals surface area contributed by atoms with E-state index in [0.717, 1.165) is 43.8 Å². The first-order chi connectivity index (χ1) is 18.7. The molecule has 0 fully saturated rings. The van der Waals surface area contributed by atoms with Gasteiger partial charge in [0.1, 0.15) is 0 Å². The van der Waals surface area contributed by atoms with Crippen LogP contribution in [-0.4, -0.2) is 9.55 Å². The van der Waals surface area contributed by atoms with Gasteiger partial charge in [0.2, 0.25) is 0 Å². The highest BCUT2D eigenvalue weighted by atomic mass is 79.9. The van der Waals surface area contributed by atoms with Crippen LogP contribution in [0, 0.1) is 0 Å². The number of halogens is 1. The molecule has 3 heteroatoms. The molecule has 0 amide bonds. The SMILES string of the molecule is Brc1ccc2c(c1)c1ccccc1n2-c1ccc(-c2cc(-c3ccccc3)nc(-c3ccccc3)c2)cc1. The van der Waals surface area contributed by atoms with Crippen molar-refractivity contribution in [1.82, 2.24) is 9.55 Å². The number of fused-ring (bicyclic) bond motifs is 3. The highest BCUT2D eigenvalue weighted by Gasteiger charge is 2.13. The van der Waals surface area contributed by atoms with Crippen LogP contribution in [0.25, 0.3) is 61.1 Å². The fourth-order valence-corrected chi connectivity index (χ4v) is 5.60. The van der Waals surface area contributed by atoms with E-state index in [1.807, 2.05) is 12.1 Å². The van der Waals surface area contributed by atoms with Gasteiger partial charge in [0.25, 0.3) is 0 Å². The number of hydrogen-bond acceptors (Lipinski definition) is 1. The topological polar surface area (TPSA) is 17.8 Å². The van der Waals surface area contributed by atoms with Crippen LogP contribution < -0.4 is 0 Å². The highest BCUT2D eigenvalue weighted by molar-refractivity contribution is 9.10. The Morgan fingerprint density at radius 1 is 0.447 bits per heavy atom. The smallest absolute Gasteiger partial charge is 0.0715 e. The zero-order chi connectivity index (χ0) is 25.5. The molecular formula is C35H23BrN2. The molecule has 5 aromatic carbocycles. The molecule has 0 N–H and O–H groups in total. The Morgan fingerprint density at radius 2 is 1.03 bits per heavy atom. The van der Waals surface area contributed by atoms with Gasteiger partial charge in [-0.2, -0.15) is 0 Å². The predicted octanol–water partition coefficient (Wildman–Crippen LogP) is 9.94. The molecule has 2 aromatic heterocycles. The molecule has 2 heterocycles. The second-order valence-electron chi connectivity index (χ2n) is 9.42. The van der Waals surface area contributed by atoms with Crippen LogP contribution in [0.2, 0.25) is 0 Å². The zero-order valence-corrected chi connectivity index (χ0v) is 22.1. The first-order valence-corrected chi connectivity index (χ1v) is 13.5. The molecule has 0 saturated heterocycles. The van der Waals surface area contributed by atoms with E-state index in [2.05, 4.69) is 148 Å². The Morgan fingerprint density at radius 3 is 1.68 bits per heavy atom. The predicted molar refractivity (Wildman–Crippen MR) is 163 cm³/mol. The van der Waals surface area contributed by atoms with Gasteiger partial charge in [0.15, 0.2) is 0 Å². The summed E-state index contributed by atoms with van der Waals surface area (Å²) in [7, 11) is 0. The van der Waals surface area contributed by atoms with Crippen LogP contribution in [0.5, 0.6) is 0 Å². The van der Waals surface area contributed by atoms with Gasteiger partial charge >= 0.3 is 0 Å². The summed E-state index contributed by atoms with van der Waals surface area (Å²) >= 11 is 3.65. The number of para-hydroxylation sites is 1. The lowest BCUT2D eigenvalue weighted by atomic mass is 10.00. The second kappa shape index (κ2) is 9.44. The number of rotatable bonds is 4. The molecule has 0 atom stereocenters. The third-order valence-corrected chi connectivity index (χ3v) is 7.55. The van der Waals surface area contributed by atoms with E-state index in [1.165, 1.54) is 21.8 Å². The van der Waals surface area contributed by atoms with Gasteiger partial charge in [0.05, 0.1) is 22.4 Å². The van der Waals surface area contributed by atoms with Crippen LogP contribution in [0.1, 0.15) is 0 Å². The van der Waals surface area contributed by atoms with Gasteiger partial charge in [-0.25, -0.2) is 4.98 Å². The molecule has 0 radical (unpaired) electrons. The maximum absolute atomic E-state index is 5.03. The van der Waals surface area contributed by atoms with E-state index in [-0.39, 0.29) is 0 Å². The Labute approximate surface area is 230 Å². The normalized spacial score (nSPS) is 11.3. The molecule has 7 rings (SSSR count). The largest absolute Gasteiger partial charge is 0.309 e. The number of benzene rings is 5. The second-order valence-corrected chi connectivity index (χ2v) is 10.3. The summed E-state index contributed by atoms with van der Waals surface area (Å²) < 4.78 is 3.43. The van der Waals surface area contributed by atoms with E-state index in [4.69, 9.17) is 4.98 Å². The lowest BCUT2D eigenvalue weighted by Crippen LogP contribution is -1.94. The minimum atomic E-state index is 0.971. The first kappa shape index (κ1) is 22.7. The van der Waals surface area contributed by atoms with Gasteiger partial charge in [-0.1, -0.05) is 107 Å². The van der Waals surface area contributed by atoms with Crippen LogP contribution in [0.3, 0.4) is 0 Å². The van der Waals surface area contributed by atoms with Gasteiger partial charge in [-0.3, -0.25) is 0 Å². The van der Waals surface area contributed by atoms with Crippen molar-refractivity contribution in [3.05, 3.63) is 144 Å². The molecule has 0 aliphatic carbocycles. The van der Waals surface area contributed by atoms with E-state index >= 15 is 0 Å². The lowest BCUT2D eigenvalue weighted by Gasteiger charge is -2.12. The minimum Gasteiger partial charge on any atom is -0.309 e. The molecule has 0 aliphatic heterocycles. The lowest BCUT2D eigenvalue weighted by molar-refractivity contribution is 1.18. The summed E-state index contributed by atoms with van der Waals surface area (Å²) in [6.45, 7) is 0. The van der Waals surface area contributed by atoms with Crippen molar-refractivity contribution in [2.24, 2.45) is 0 Å². The molecule has 38 heavy (non-hydrogen) atoms. The van der Waals surface area contributed by atoms with Gasteiger partial charge in [-0.15, -0.1) is 0 Å². The average Bonchev–Trinajstić information content (AvgIpc) is 3.31. The summed E-state index contributed by atoms with van der Waals surface area (Å²) in [5.74, 6) is 0. The molecule has 0 saturated carbocycles. The molecule has 2 nitrogen and oxygen atoms in total. The van der Waals surface area contributed by atoms with Crippen LogP contribution in [0.15, 0.2) is 144 Å². The van der Waals surface area contributed by atoms with Gasteiger partial charge in [0, 0.05) is 32.1 Å². The third kappa shape index (κ3) is 4.02. The molecule has 0 unspecified atom stereocenters. The monoisotopic (exact) mass is 550 g/mol. The molecular weight excluding hydrogens is 528 g/mol. The van der Waals surface area contributed by atoms with Crippen molar-refractivity contribution in [2.75, 3.05) is 0 Å². The van der Waals surface area contributed by atoms with Crippen molar-refractivity contribution in [3.63, 3.8) is 0 Å². The first-order valence-electron chi connectivity index (χ1n) is 12.7. The van der Waals surface area contributed by atoms with Gasteiger partial charge < -0.3 is 4.57 Å². The van der Waals surface area contributed by atoms with Crippen LogP contribution >= 0.6 is 15.9 Å². The Balaban J connectivity index is 1.37. The summed E-state index contributed by atoms with van der Waals surface area (Å²) in [6.07, 6.45) is 0. The number of nitrogens with zero attached hydrogens (tertiary/aromatic N) is 2. The fraction of sp³-hybridized carbons (Fsp3) is 0. The zero-order valence-electron chi connectivity index (χ0n) is 20.6.